The molecule has 0 unspecified atom stereocenters. The van der Waals surface area contributed by atoms with Gasteiger partial charge in [-0.1, -0.05) is 121 Å². The first-order chi connectivity index (χ1) is 24.1. The summed E-state index contributed by atoms with van der Waals surface area (Å²) < 4.78 is 11.2. The fourth-order valence-corrected chi connectivity index (χ4v) is 6.59. The van der Waals surface area contributed by atoms with Gasteiger partial charge in [0.1, 0.15) is 5.58 Å². The highest BCUT2D eigenvalue weighted by atomic mass is 16.3. The highest BCUT2D eigenvalue weighted by Crippen LogP contribution is 2.39. The maximum Gasteiger partial charge on any atom is 0.159 e. The van der Waals surface area contributed by atoms with E-state index < -0.39 is 0 Å². The standard InChI is InChI=1S/C37H21N3O.2C3H8.C2H6/c38-22-23-16-18-34-29(20-23)27-10-3-4-12-31(27)39(34)24-17-19-36-30(21-24)28-11-7-15-35(37(28)41-36)40-32-13-5-1-8-25(32)26-9-2-6-14-33(26)40;2*1-3-2;1-2/h1-21H;2*3H2,1-2H3;1-2H3. The summed E-state index contributed by atoms with van der Waals surface area (Å²) in [6.07, 6.45) is 2.50. The molecule has 4 nitrogen and oxygen atoms in total. The topological polar surface area (TPSA) is 46.8 Å². The van der Waals surface area contributed by atoms with Crippen molar-refractivity contribution in [2.75, 3.05) is 0 Å². The normalized spacial score (nSPS) is 10.8. The first-order valence-electron chi connectivity index (χ1n) is 17.5. The van der Waals surface area contributed by atoms with E-state index in [-0.39, 0.29) is 0 Å². The molecule has 0 bridgehead atoms. The number of aromatic nitrogens is 2. The molecule has 6 aromatic carbocycles. The third-order valence-corrected chi connectivity index (χ3v) is 8.34. The quantitative estimate of drug-likeness (QED) is 0.189. The SMILES string of the molecule is CC.CCC.CCC.N#Cc1ccc2c(c1)c1ccccc1n2-c1ccc2oc3c(-n4c5ccccc5c5ccccc54)cccc3c2c1. The molecule has 49 heavy (non-hydrogen) atoms. The number of nitriles is 1. The van der Waals surface area contributed by atoms with Crippen LogP contribution in [-0.2, 0) is 0 Å². The van der Waals surface area contributed by atoms with Crippen molar-refractivity contribution in [3.8, 4) is 17.4 Å². The molecule has 0 atom stereocenters. The third kappa shape index (κ3) is 5.72. The molecule has 0 aliphatic rings. The van der Waals surface area contributed by atoms with E-state index in [1.165, 1.54) is 23.6 Å². The zero-order valence-electron chi connectivity index (χ0n) is 29.3. The van der Waals surface area contributed by atoms with E-state index in [2.05, 4.69) is 146 Å². The summed E-state index contributed by atoms with van der Waals surface area (Å²) in [5.41, 5.74) is 8.95. The molecule has 3 heterocycles. The Morgan fingerprint density at radius 1 is 0.510 bits per heavy atom. The highest BCUT2D eigenvalue weighted by Gasteiger charge is 2.19. The lowest BCUT2D eigenvalue weighted by Gasteiger charge is -2.08. The molecule has 0 saturated carbocycles. The molecule has 244 valence electrons. The Morgan fingerprint density at radius 3 is 1.61 bits per heavy atom. The van der Waals surface area contributed by atoms with E-state index in [4.69, 9.17) is 4.42 Å². The second kappa shape index (κ2) is 14.5. The predicted molar refractivity (Wildman–Crippen MR) is 210 cm³/mol. The van der Waals surface area contributed by atoms with E-state index in [1.807, 2.05) is 38.1 Å². The Bertz CT molecular complexity index is 2530. The third-order valence-electron chi connectivity index (χ3n) is 8.34. The minimum atomic E-state index is 0.661. The Balaban J connectivity index is 0.000000481. The average Bonchev–Trinajstić information content (AvgIpc) is 3.80. The molecular formula is C45H43N3O. The highest BCUT2D eigenvalue weighted by molar-refractivity contribution is 6.14. The van der Waals surface area contributed by atoms with Crippen molar-refractivity contribution in [1.29, 1.82) is 5.26 Å². The van der Waals surface area contributed by atoms with E-state index in [0.29, 0.717) is 5.56 Å². The molecular weight excluding hydrogens is 599 g/mol. The molecule has 0 aliphatic carbocycles. The van der Waals surface area contributed by atoms with Crippen LogP contribution >= 0.6 is 0 Å². The van der Waals surface area contributed by atoms with Crippen LogP contribution < -0.4 is 0 Å². The molecule has 9 rings (SSSR count). The lowest BCUT2D eigenvalue weighted by Crippen LogP contribution is -1.94. The minimum Gasteiger partial charge on any atom is -0.454 e. The van der Waals surface area contributed by atoms with Gasteiger partial charge in [-0.3, -0.25) is 0 Å². The fourth-order valence-electron chi connectivity index (χ4n) is 6.59. The summed E-state index contributed by atoms with van der Waals surface area (Å²) in [7, 11) is 0. The summed E-state index contributed by atoms with van der Waals surface area (Å²) in [5.74, 6) is 0. The second-order valence-electron chi connectivity index (χ2n) is 11.9. The van der Waals surface area contributed by atoms with Crippen molar-refractivity contribution in [2.45, 2.75) is 54.4 Å². The number of benzene rings is 6. The first-order valence-corrected chi connectivity index (χ1v) is 17.5. The van der Waals surface area contributed by atoms with Crippen LogP contribution in [0.15, 0.2) is 132 Å². The molecule has 0 fully saturated rings. The van der Waals surface area contributed by atoms with E-state index in [0.717, 1.165) is 66.2 Å². The monoisotopic (exact) mass is 641 g/mol. The maximum absolute atomic E-state index is 9.53. The smallest absolute Gasteiger partial charge is 0.159 e. The van der Waals surface area contributed by atoms with Gasteiger partial charge in [0.05, 0.1) is 39.4 Å². The van der Waals surface area contributed by atoms with Gasteiger partial charge in [0.2, 0.25) is 0 Å². The molecule has 9 aromatic rings. The predicted octanol–water partition coefficient (Wildman–Crippen LogP) is 13.5. The molecule has 0 saturated heterocycles. The number of furan rings is 1. The van der Waals surface area contributed by atoms with Gasteiger partial charge in [0.25, 0.3) is 0 Å². The van der Waals surface area contributed by atoms with Crippen LogP contribution in [0.25, 0.3) is 76.9 Å². The summed E-state index contributed by atoms with van der Waals surface area (Å²) >= 11 is 0. The molecule has 0 spiro atoms. The molecule has 4 heteroatoms. The van der Waals surface area contributed by atoms with Crippen molar-refractivity contribution in [3.63, 3.8) is 0 Å². The van der Waals surface area contributed by atoms with Gasteiger partial charge in [-0.2, -0.15) is 5.26 Å². The van der Waals surface area contributed by atoms with Gasteiger partial charge < -0.3 is 13.6 Å². The summed E-state index contributed by atoms with van der Waals surface area (Å²) in [6.45, 7) is 12.5. The zero-order valence-corrected chi connectivity index (χ0v) is 29.3. The van der Waals surface area contributed by atoms with E-state index >= 15 is 0 Å². The van der Waals surface area contributed by atoms with Gasteiger partial charge >= 0.3 is 0 Å². The fraction of sp³-hybridized carbons (Fsp3) is 0.178. The Kier molecular flexibility index (Phi) is 9.83. The lowest BCUT2D eigenvalue weighted by atomic mass is 10.1. The van der Waals surface area contributed by atoms with Crippen molar-refractivity contribution in [1.82, 2.24) is 9.13 Å². The molecule has 0 radical (unpaired) electrons. The number of fused-ring (bicyclic) bond motifs is 9. The number of para-hydroxylation sites is 4. The van der Waals surface area contributed by atoms with Crippen LogP contribution in [-0.4, -0.2) is 9.13 Å². The van der Waals surface area contributed by atoms with E-state index in [9.17, 15) is 5.26 Å². The van der Waals surface area contributed by atoms with Crippen LogP contribution in [0, 0.1) is 11.3 Å². The Hall–Kier alpha value is -5.79. The molecule has 0 aliphatic heterocycles. The van der Waals surface area contributed by atoms with E-state index in [1.54, 1.807) is 0 Å². The van der Waals surface area contributed by atoms with Gasteiger partial charge in [-0.25, -0.2) is 0 Å². The number of hydrogen-bond donors (Lipinski definition) is 0. The van der Waals surface area contributed by atoms with Crippen molar-refractivity contribution < 1.29 is 4.42 Å². The van der Waals surface area contributed by atoms with Crippen molar-refractivity contribution in [2.24, 2.45) is 0 Å². The molecule has 0 N–H and O–H groups in total. The van der Waals surface area contributed by atoms with Crippen LogP contribution in [0.4, 0.5) is 0 Å². The Labute approximate surface area is 288 Å². The lowest BCUT2D eigenvalue weighted by molar-refractivity contribution is 0.666. The number of nitrogens with zero attached hydrogens (tertiary/aromatic N) is 3. The minimum absolute atomic E-state index is 0.661. The average molecular weight is 642 g/mol. The summed E-state index contributed by atoms with van der Waals surface area (Å²) in [6, 6.07) is 46.5. The van der Waals surface area contributed by atoms with Crippen LogP contribution in [0.3, 0.4) is 0 Å². The van der Waals surface area contributed by atoms with Crippen LogP contribution in [0.1, 0.15) is 59.9 Å². The largest absolute Gasteiger partial charge is 0.454 e. The van der Waals surface area contributed by atoms with Gasteiger partial charge in [-0.15, -0.1) is 0 Å². The number of hydrogen-bond acceptors (Lipinski definition) is 2. The molecule has 3 aromatic heterocycles. The van der Waals surface area contributed by atoms with Crippen LogP contribution in [0.2, 0.25) is 0 Å². The van der Waals surface area contributed by atoms with Gasteiger partial charge in [0.15, 0.2) is 5.58 Å². The van der Waals surface area contributed by atoms with Crippen molar-refractivity contribution >= 4 is 65.6 Å². The van der Waals surface area contributed by atoms with Crippen molar-refractivity contribution in [3.05, 3.63) is 133 Å². The first kappa shape index (κ1) is 33.1. The summed E-state index contributed by atoms with van der Waals surface area (Å²) in [5, 5.41) is 16.3. The number of rotatable bonds is 2. The van der Waals surface area contributed by atoms with Gasteiger partial charge in [-0.05, 0) is 60.7 Å². The molecule has 0 amide bonds. The Morgan fingerprint density at radius 2 is 1.02 bits per heavy atom. The zero-order chi connectivity index (χ0) is 34.5. The maximum atomic E-state index is 9.53. The van der Waals surface area contributed by atoms with Crippen LogP contribution in [0.5, 0.6) is 0 Å². The summed E-state index contributed by atoms with van der Waals surface area (Å²) in [4.78, 5) is 0. The van der Waals surface area contributed by atoms with Gasteiger partial charge in [0, 0.05) is 38.0 Å². The second-order valence-corrected chi connectivity index (χ2v) is 11.9.